The number of nitrogens with one attached hydrogen (secondary N) is 1. The molecular formula is C15H17ClN2O3. The number of halogens is 1. The van der Waals surface area contributed by atoms with Crippen LogP contribution in [-0.4, -0.2) is 37.1 Å². The molecule has 2 aliphatic rings. The Balaban J connectivity index is 1.65. The van der Waals surface area contributed by atoms with Crippen LogP contribution in [0.4, 0.5) is 5.69 Å². The van der Waals surface area contributed by atoms with Gasteiger partial charge >= 0.3 is 0 Å². The van der Waals surface area contributed by atoms with E-state index in [0.717, 1.165) is 19.4 Å². The summed E-state index contributed by atoms with van der Waals surface area (Å²) in [5, 5.41) is 3.73. The van der Waals surface area contributed by atoms with Crippen LogP contribution in [-0.2, 0) is 14.3 Å². The summed E-state index contributed by atoms with van der Waals surface area (Å²) in [6.07, 6.45) is 2.40. The van der Waals surface area contributed by atoms with Crippen molar-refractivity contribution in [2.45, 2.75) is 31.4 Å². The number of hydrogen-bond acceptors (Lipinski definition) is 4. The van der Waals surface area contributed by atoms with Crippen LogP contribution in [0.2, 0.25) is 5.02 Å². The van der Waals surface area contributed by atoms with Crippen LogP contribution < -0.4 is 10.2 Å². The van der Waals surface area contributed by atoms with E-state index in [-0.39, 0.29) is 24.3 Å². The molecule has 0 spiro atoms. The first kappa shape index (κ1) is 14.5. The van der Waals surface area contributed by atoms with Crippen LogP contribution in [0.3, 0.4) is 0 Å². The molecule has 0 radical (unpaired) electrons. The lowest BCUT2D eigenvalue weighted by Crippen LogP contribution is -2.41. The van der Waals surface area contributed by atoms with Crippen molar-refractivity contribution in [3.8, 4) is 0 Å². The second-order valence-electron chi connectivity index (χ2n) is 5.34. The number of ether oxygens (including phenoxy) is 1. The third-order valence-corrected chi connectivity index (χ3v) is 4.10. The van der Waals surface area contributed by atoms with Crippen LogP contribution >= 0.6 is 11.6 Å². The van der Waals surface area contributed by atoms with Crippen molar-refractivity contribution in [1.29, 1.82) is 0 Å². The number of imide groups is 1. The molecule has 2 fully saturated rings. The molecule has 2 aliphatic heterocycles. The summed E-state index contributed by atoms with van der Waals surface area (Å²) in [6, 6.07) is 6.24. The average Bonchev–Trinajstić information content (AvgIpc) is 3.07. The molecule has 0 saturated carbocycles. The molecule has 2 amide bonds. The van der Waals surface area contributed by atoms with Crippen molar-refractivity contribution in [3.05, 3.63) is 29.3 Å². The van der Waals surface area contributed by atoms with Crippen molar-refractivity contribution in [3.63, 3.8) is 0 Å². The minimum atomic E-state index is -0.461. The van der Waals surface area contributed by atoms with Crippen molar-refractivity contribution in [1.82, 2.24) is 5.32 Å². The maximum absolute atomic E-state index is 12.4. The van der Waals surface area contributed by atoms with E-state index in [1.165, 1.54) is 4.90 Å². The molecule has 1 aromatic rings. The number of rotatable bonds is 4. The molecule has 0 aliphatic carbocycles. The van der Waals surface area contributed by atoms with Gasteiger partial charge in [-0.25, -0.2) is 4.90 Å². The highest BCUT2D eigenvalue weighted by Gasteiger charge is 2.39. The number of amides is 2. The van der Waals surface area contributed by atoms with Crippen LogP contribution in [0.1, 0.15) is 19.3 Å². The zero-order chi connectivity index (χ0) is 14.8. The Bertz CT molecular complexity index is 540. The summed E-state index contributed by atoms with van der Waals surface area (Å²) in [4.78, 5) is 25.7. The third kappa shape index (κ3) is 3.10. The molecule has 3 rings (SSSR count). The highest BCUT2D eigenvalue weighted by molar-refractivity contribution is 6.30. The lowest BCUT2D eigenvalue weighted by atomic mass is 10.2. The quantitative estimate of drug-likeness (QED) is 0.861. The SMILES string of the molecule is O=C1CC(NCC2CCCO2)C(=O)N1c1ccc(Cl)cc1. The molecule has 21 heavy (non-hydrogen) atoms. The van der Waals surface area contributed by atoms with Crippen LogP contribution in [0, 0.1) is 0 Å². The zero-order valence-corrected chi connectivity index (χ0v) is 12.3. The van der Waals surface area contributed by atoms with E-state index in [9.17, 15) is 9.59 Å². The largest absolute Gasteiger partial charge is 0.377 e. The third-order valence-electron chi connectivity index (χ3n) is 3.85. The molecule has 0 aromatic heterocycles. The molecule has 2 unspecified atom stereocenters. The summed E-state index contributed by atoms with van der Waals surface area (Å²) in [6.45, 7) is 1.39. The summed E-state index contributed by atoms with van der Waals surface area (Å²) >= 11 is 5.83. The second-order valence-corrected chi connectivity index (χ2v) is 5.78. The molecule has 1 N–H and O–H groups in total. The maximum atomic E-state index is 12.4. The Hall–Kier alpha value is -1.43. The summed E-state index contributed by atoms with van der Waals surface area (Å²) in [5.41, 5.74) is 0.566. The maximum Gasteiger partial charge on any atom is 0.251 e. The van der Waals surface area contributed by atoms with Gasteiger partial charge in [0.15, 0.2) is 0 Å². The number of benzene rings is 1. The van der Waals surface area contributed by atoms with Gasteiger partial charge in [-0.2, -0.15) is 0 Å². The van der Waals surface area contributed by atoms with Gasteiger partial charge in [0.05, 0.1) is 24.3 Å². The lowest BCUT2D eigenvalue weighted by Gasteiger charge is -2.17. The first-order chi connectivity index (χ1) is 10.1. The highest BCUT2D eigenvalue weighted by Crippen LogP contribution is 2.24. The van der Waals surface area contributed by atoms with E-state index >= 15 is 0 Å². The van der Waals surface area contributed by atoms with Crippen molar-refractivity contribution < 1.29 is 14.3 Å². The Morgan fingerprint density at radius 3 is 2.71 bits per heavy atom. The Morgan fingerprint density at radius 2 is 2.05 bits per heavy atom. The first-order valence-corrected chi connectivity index (χ1v) is 7.50. The molecule has 2 saturated heterocycles. The Labute approximate surface area is 128 Å². The van der Waals surface area contributed by atoms with Gasteiger partial charge in [0.1, 0.15) is 0 Å². The second kappa shape index (κ2) is 6.13. The fraction of sp³-hybridized carbons (Fsp3) is 0.467. The highest BCUT2D eigenvalue weighted by atomic mass is 35.5. The van der Waals surface area contributed by atoms with Crippen LogP contribution in [0.5, 0.6) is 0 Å². The standard InChI is InChI=1S/C15H17ClN2O3/c16-10-3-5-11(6-4-10)18-14(19)8-13(15(18)20)17-9-12-2-1-7-21-12/h3-6,12-13,17H,1-2,7-9H2. The molecular weight excluding hydrogens is 292 g/mol. The topological polar surface area (TPSA) is 58.6 Å². The van der Waals surface area contributed by atoms with Crippen molar-refractivity contribution in [2.24, 2.45) is 0 Å². The number of carbonyl (C=O) groups is 2. The van der Waals surface area contributed by atoms with Gasteiger partial charge in [-0.3, -0.25) is 9.59 Å². The van der Waals surface area contributed by atoms with Gasteiger partial charge in [-0.15, -0.1) is 0 Å². The summed E-state index contributed by atoms with van der Waals surface area (Å²) < 4.78 is 5.51. The van der Waals surface area contributed by atoms with Gasteiger partial charge < -0.3 is 10.1 Å². The van der Waals surface area contributed by atoms with Crippen LogP contribution in [0.15, 0.2) is 24.3 Å². The normalized spacial score (nSPS) is 25.9. The van der Waals surface area contributed by atoms with E-state index in [1.54, 1.807) is 24.3 Å². The van der Waals surface area contributed by atoms with Crippen molar-refractivity contribution >= 4 is 29.1 Å². The Morgan fingerprint density at radius 1 is 1.29 bits per heavy atom. The lowest BCUT2D eigenvalue weighted by molar-refractivity contribution is -0.121. The van der Waals surface area contributed by atoms with Gasteiger partial charge in [0, 0.05) is 18.2 Å². The number of hydrogen-bond donors (Lipinski definition) is 1. The monoisotopic (exact) mass is 308 g/mol. The summed E-state index contributed by atoms with van der Waals surface area (Å²) in [7, 11) is 0. The van der Waals surface area contributed by atoms with Gasteiger partial charge in [-0.05, 0) is 37.1 Å². The van der Waals surface area contributed by atoms with E-state index in [0.29, 0.717) is 17.3 Å². The van der Waals surface area contributed by atoms with Gasteiger partial charge in [-0.1, -0.05) is 11.6 Å². The van der Waals surface area contributed by atoms with E-state index < -0.39 is 6.04 Å². The molecule has 2 atom stereocenters. The predicted molar refractivity (Wildman–Crippen MR) is 79.3 cm³/mol. The molecule has 112 valence electrons. The minimum absolute atomic E-state index is 0.150. The molecule has 6 heteroatoms. The Kier molecular flexibility index (Phi) is 4.24. The molecule has 2 heterocycles. The smallest absolute Gasteiger partial charge is 0.251 e. The van der Waals surface area contributed by atoms with E-state index in [1.807, 2.05) is 0 Å². The average molecular weight is 309 g/mol. The minimum Gasteiger partial charge on any atom is -0.377 e. The predicted octanol–water partition coefficient (Wildman–Crippen LogP) is 1.74. The summed E-state index contributed by atoms with van der Waals surface area (Å²) in [5.74, 6) is -0.396. The van der Waals surface area contributed by atoms with Gasteiger partial charge in [0.2, 0.25) is 5.91 Å². The van der Waals surface area contributed by atoms with Crippen LogP contribution in [0.25, 0.3) is 0 Å². The molecule has 0 bridgehead atoms. The first-order valence-electron chi connectivity index (χ1n) is 7.12. The van der Waals surface area contributed by atoms with E-state index in [4.69, 9.17) is 16.3 Å². The fourth-order valence-electron chi connectivity index (χ4n) is 2.73. The molecule has 5 nitrogen and oxygen atoms in total. The van der Waals surface area contributed by atoms with E-state index in [2.05, 4.69) is 5.32 Å². The number of nitrogens with zero attached hydrogens (tertiary/aromatic N) is 1. The van der Waals surface area contributed by atoms with Gasteiger partial charge in [0.25, 0.3) is 5.91 Å². The number of anilines is 1. The fourth-order valence-corrected chi connectivity index (χ4v) is 2.86. The zero-order valence-electron chi connectivity index (χ0n) is 11.5. The van der Waals surface area contributed by atoms with Crippen molar-refractivity contribution in [2.75, 3.05) is 18.1 Å². The molecule has 1 aromatic carbocycles. The number of carbonyl (C=O) groups excluding carboxylic acids is 2.